The van der Waals surface area contributed by atoms with E-state index < -0.39 is 0 Å². The van der Waals surface area contributed by atoms with E-state index in [-0.39, 0.29) is 18.5 Å². The Kier molecular flexibility index (Phi) is 6.57. The van der Waals surface area contributed by atoms with E-state index in [1.807, 2.05) is 63.2 Å². The van der Waals surface area contributed by atoms with Gasteiger partial charge in [0.2, 0.25) is 5.91 Å². The number of carbonyl (C=O) groups is 2. The van der Waals surface area contributed by atoms with Crippen LogP contribution in [0.2, 0.25) is 0 Å². The molecule has 3 N–H and O–H groups in total. The first-order valence-corrected chi connectivity index (χ1v) is 8.39. The Morgan fingerprint density at radius 1 is 0.920 bits per heavy atom. The molecule has 0 aliphatic rings. The van der Waals surface area contributed by atoms with Crippen molar-refractivity contribution < 1.29 is 9.59 Å². The normalized spacial score (nSPS) is 10.2. The Hall–Kier alpha value is -2.82. The van der Waals surface area contributed by atoms with E-state index in [9.17, 15) is 9.59 Å². The van der Waals surface area contributed by atoms with Crippen LogP contribution in [-0.2, 0) is 11.2 Å². The number of rotatable bonds is 6. The lowest BCUT2D eigenvalue weighted by atomic mass is 10.1. The van der Waals surface area contributed by atoms with Crippen molar-refractivity contribution >= 4 is 17.6 Å². The van der Waals surface area contributed by atoms with E-state index in [4.69, 9.17) is 0 Å². The Labute approximate surface area is 148 Å². The van der Waals surface area contributed by atoms with E-state index in [0.29, 0.717) is 6.54 Å². The van der Waals surface area contributed by atoms with Crippen LogP contribution in [0.1, 0.15) is 22.3 Å². The van der Waals surface area contributed by atoms with Crippen molar-refractivity contribution in [3.63, 3.8) is 0 Å². The number of urea groups is 1. The molecule has 2 aromatic carbocycles. The second kappa shape index (κ2) is 8.87. The lowest BCUT2D eigenvalue weighted by Gasteiger charge is -2.13. The van der Waals surface area contributed by atoms with Crippen LogP contribution in [0.5, 0.6) is 0 Å². The first-order chi connectivity index (χ1) is 12.0. The highest BCUT2D eigenvalue weighted by Crippen LogP contribution is 2.21. The average molecular weight is 339 g/mol. The number of aryl methyl sites for hydroxylation is 3. The van der Waals surface area contributed by atoms with Crippen molar-refractivity contribution in [1.29, 1.82) is 0 Å². The third-order valence-electron chi connectivity index (χ3n) is 3.89. The molecule has 0 spiro atoms. The standard InChI is InChI=1S/C20H25N3O2/c1-14-11-15(2)19(16(3)12-14)23-18(24)13-22-20(25)21-10-9-17-7-5-4-6-8-17/h4-8,11-12H,9-10,13H2,1-3H3,(H,23,24)(H2,21,22,25). The van der Waals surface area contributed by atoms with Crippen molar-refractivity contribution in [1.82, 2.24) is 10.6 Å². The molecule has 0 radical (unpaired) electrons. The fourth-order valence-corrected chi connectivity index (χ4v) is 2.75. The van der Waals surface area contributed by atoms with Crippen molar-refractivity contribution in [2.45, 2.75) is 27.2 Å². The van der Waals surface area contributed by atoms with Gasteiger partial charge in [0, 0.05) is 12.2 Å². The second-order valence-electron chi connectivity index (χ2n) is 6.17. The van der Waals surface area contributed by atoms with Crippen LogP contribution < -0.4 is 16.0 Å². The number of anilines is 1. The minimum atomic E-state index is -0.344. The molecule has 3 amide bonds. The predicted molar refractivity (Wildman–Crippen MR) is 101 cm³/mol. The van der Waals surface area contributed by atoms with Gasteiger partial charge in [0.15, 0.2) is 0 Å². The van der Waals surface area contributed by atoms with Crippen LogP contribution in [0.25, 0.3) is 0 Å². The van der Waals surface area contributed by atoms with Crippen LogP contribution in [0.15, 0.2) is 42.5 Å². The summed E-state index contributed by atoms with van der Waals surface area (Å²) in [5.41, 5.74) is 5.15. The summed E-state index contributed by atoms with van der Waals surface area (Å²) < 4.78 is 0. The number of nitrogens with one attached hydrogen (secondary N) is 3. The van der Waals surface area contributed by atoms with E-state index in [1.165, 1.54) is 0 Å². The molecule has 0 fully saturated rings. The smallest absolute Gasteiger partial charge is 0.315 e. The summed E-state index contributed by atoms with van der Waals surface area (Å²) >= 11 is 0. The molecule has 5 heteroatoms. The highest BCUT2D eigenvalue weighted by Gasteiger charge is 2.09. The molecule has 0 bridgehead atoms. The maximum atomic E-state index is 12.0. The van der Waals surface area contributed by atoms with E-state index in [2.05, 4.69) is 16.0 Å². The molecule has 0 unspecified atom stereocenters. The SMILES string of the molecule is Cc1cc(C)c(NC(=O)CNC(=O)NCCc2ccccc2)c(C)c1. The Morgan fingerprint density at radius 2 is 1.56 bits per heavy atom. The first kappa shape index (κ1) is 18.5. The van der Waals surface area contributed by atoms with E-state index in [0.717, 1.165) is 34.4 Å². The summed E-state index contributed by atoms with van der Waals surface area (Å²) in [5.74, 6) is -0.242. The second-order valence-corrected chi connectivity index (χ2v) is 6.17. The molecule has 0 saturated carbocycles. The molecule has 0 saturated heterocycles. The molecule has 0 heterocycles. The third kappa shape index (κ3) is 5.95. The largest absolute Gasteiger partial charge is 0.338 e. The molecule has 0 aliphatic heterocycles. The first-order valence-electron chi connectivity index (χ1n) is 8.39. The third-order valence-corrected chi connectivity index (χ3v) is 3.89. The molecule has 2 rings (SSSR count). The summed E-state index contributed by atoms with van der Waals surface area (Å²) in [5, 5.41) is 8.19. The van der Waals surface area contributed by atoms with Gasteiger partial charge in [-0.2, -0.15) is 0 Å². The molecular weight excluding hydrogens is 314 g/mol. The quantitative estimate of drug-likeness (QED) is 0.757. The molecule has 2 aromatic rings. The molecule has 5 nitrogen and oxygen atoms in total. The summed E-state index contributed by atoms with van der Waals surface area (Å²) in [6.45, 7) is 6.39. The number of benzene rings is 2. The van der Waals surface area contributed by atoms with Crippen LogP contribution in [0.4, 0.5) is 10.5 Å². The van der Waals surface area contributed by atoms with Gasteiger partial charge in [-0.3, -0.25) is 4.79 Å². The Bertz CT molecular complexity index is 719. The van der Waals surface area contributed by atoms with Gasteiger partial charge in [0.1, 0.15) is 0 Å². The van der Waals surface area contributed by atoms with Crippen LogP contribution >= 0.6 is 0 Å². The molecule has 25 heavy (non-hydrogen) atoms. The summed E-state index contributed by atoms with van der Waals surface area (Å²) in [7, 11) is 0. The van der Waals surface area contributed by atoms with Crippen LogP contribution in [0.3, 0.4) is 0 Å². The van der Waals surface area contributed by atoms with Gasteiger partial charge in [-0.1, -0.05) is 48.0 Å². The minimum Gasteiger partial charge on any atom is -0.338 e. The lowest BCUT2D eigenvalue weighted by molar-refractivity contribution is -0.115. The van der Waals surface area contributed by atoms with Gasteiger partial charge >= 0.3 is 6.03 Å². The summed E-state index contributed by atoms with van der Waals surface area (Å²) in [4.78, 5) is 23.8. The van der Waals surface area contributed by atoms with Crippen LogP contribution in [0, 0.1) is 20.8 Å². The fraction of sp³-hybridized carbons (Fsp3) is 0.300. The van der Waals surface area contributed by atoms with Gasteiger partial charge in [0.25, 0.3) is 0 Å². The average Bonchev–Trinajstić information content (AvgIpc) is 2.57. The van der Waals surface area contributed by atoms with Crippen molar-refractivity contribution in [3.8, 4) is 0 Å². The monoisotopic (exact) mass is 339 g/mol. The van der Waals surface area contributed by atoms with Gasteiger partial charge in [-0.15, -0.1) is 0 Å². The Balaban J connectivity index is 1.73. The van der Waals surface area contributed by atoms with Gasteiger partial charge in [-0.05, 0) is 43.9 Å². The number of carbonyl (C=O) groups excluding carboxylic acids is 2. The van der Waals surface area contributed by atoms with Gasteiger partial charge in [0.05, 0.1) is 6.54 Å². The lowest BCUT2D eigenvalue weighted by Crippen LogP contribution is -2.40. The number of hydrogen-bond acceptors (Lipinski definition) is 2. The molecule has 0 aromatic heterocycles. The minimum absolute atomic E-state index is 0.0655. The molecule has 132 valence electrons. The maximum Gasteiger partial charge on any atom is 0.315 e. The van der Waals surface area contributed by atoms with Crippen molar-refractivity contribution in [2.75, 3.05) is 18.4 Å². The Morgan fingerprint density at radius 3 is 2.20 bits per heavy atom. The van der Waals surface area contributed by atoms with Gasteiger partial charge < -0.3 is 16.0 Å². The maximum absolute atomic E-state index is 12.0. The summed E-state index contributed by atoms with van der Waals surface area (Å²) in [6.07, 6.45) is 0.752. The van der Waals surface area contributed by atoms with Crippen molar-refractivity contribution in [2.24, 2.45) is 0 Å². The molecular formula is C20H25N3O2. The summed E-state index contributed by atoms with van der Waals surface area (Å²) in [6, 6.07) is 13.6. The zero-order valence-corrected chi connectivity index (χ0v) is 15.0. The molecule has 0 atom stereocenters. The van der Waals surface area contributed by atoms with E-state index >= 15 is 0 Å². The number of hydrogen-bond donors (Lipinski definition) is 3. The highest BCUT2D eigenvalue weighted by atomic mass is 16.2. The van der Waals surface area contributed by atoms with E-state index in [1.54, 1.807) is 0 Å². The zero-order chi connectivity index (χ0) is 18.2. The van der Waals surface area contributed by atoms with Gasteiger partial charge in [-0.25, -0.2) is 4.79 Å². The fourth-order valence-electron chi connectivity index (χ4n) is 2.75. The van der Waals surface area contributed by atoms with Crippen LogP contribution in [-0.4, -0.2) is 25.0 Å². The zero-order valence-electron chi connectivity index (χ0n) is 15.0. The highest BCUT2D eigenvalue weighted by molar-refractivity contribution is 5.95. The van der Waals surface area contributed by atoms with Crippen molar-refractivity contribution in [3.05, 3.63) is 64.7 Å². The predicted octanol–water partition coefficient (Wildman–Crippen LogP) is 3.09. The molecule has 0 aliphatic carbocycles. The topological polar surface area (TPSA) is 70.2 Å². The number of amides is 3.